The lowest BCUT2D eigenvalue weighted by Gasteiger charge is -2.25. The van der Waals surface area contributed by atoms with Gasteiger partial charge < -0.3 is 4.74 Å². The van der Waals surface area contributed by atoms with E-state index in [9.17, 15) is 14.4 Å². The van der Waals surface area contributed by atoms with E-state index >= 15 is 0 Å². The number of urea groups is 1. The van der Waals surface area contributed by atoms with E-state index < -0.39 is 23.5 Å². The van der Waals surface area contributed by atoms with Gasteiger partial charge in [0.15, 0.2) is 0 Å². The van der Waals surface area contributed by atoms with E-state index in [2.05, 4.69) is 9.73 Å². The summed E-state index contributed by atoms with van der Waals surface area (Å²) in [4.78, 5) is 35.6. The zero-order chi connectivity index (χ0) is 10.1. The van der Waals surface area contributed by atoms with Gasteiger partial charge in [-0.25, -0.2) is 9.79 Å². The Hall–Kier alpha value is -1.72. The molecule has 6 nitrogen and oxygen atoms in total. The van der Waals surface area contributed by atoms with Crippen LogP contribution < -0.4 is 5.32 Å². The SMILES string of the molecule is CC(=O)OC1(C)C=NC(=O)NC1=O. The first-order chi connectivity index (χ1) is 5.94. The van der Waals surface area contributed by atoms with Gasteiger partial charge in [-0.3, -0.25) is 14.9 Å². The molecule has 0 saturated carbocycles. The van der Waals surface area contributed by atoms with Crippen LogP contribution >= 0.6 is 0 Å². The third-order valence-corrected chi connectivity index (χ3v) is 1.46. The second kappa shape index (κ2) is 2.96. The lowest BCUT2D eigenvalue weighted by Crippen LogP contribution is -2.53. The summed E-state index contributed by atoms with van der Waals surface area (Å²) in [6.07, 6.45) is 1.01. The van der Waals surface area contributed by atoms with E-state index in [1.807, 2.05) is 5.32 Å². The van der Waals surface area contributed by atoms with Gasteiger partial charge in [-0.05, 0) is 6.92 Å². The molecule has 1 aliphatic rings. The second-order valence-corrected chi connectivity index (χ2v) is 2.72. The van der Waals surface area contributed by atoms with Crippen LogP contribution in [0.2, 0.25) is 0 Å². The van der Waals surface area contributed by atoms with Crippen molar-refractivity contribution < 1.29 is 19.1 Å². The third-order valence-electron chi connectivity index (χ3n) is 1.46. The Balaban J connectivity index is 2.89. The molecule has 0 radical (unpaired) electrons. The minimum Gasteiger partial charge on any atom is -0.443 e. The van der Waals surface area contributed by atoms with Crippen molar-refractivity contribution >= 4 is 24.1 Å². The molecule has 0 aromatic heterocycles. The molecule has 0 bridgehead atoms. The molecule has 6 heteroatoms. The first-order valence-corrected chi connectivity index (χ1v) is 3.54. The fourth-order valence-electron chi connectivity index (χ4n) is 0.865. The van der Waals surface area contributed by atoms with Crippen molar-refractivity contribution in [3.63, 3.8) is 0 Å². The maximum atomic E-state index is 11.2. The van der Waals surface area contributed by atoms with Gasteiger partial charge in [-0.15, -0.1) is 0 Å². The van der Waals surface area contributed by atoms with E-state index in [0.717, 1.165) is 6.21 Å². The van der Waals surface area contributed by atoms with Crippen LogP contribution in [0.4, 0.5) is 4.79 Å². The van der Waals surface area contributed by atoms with Gasteiger partial charge in [0.05, 0.1) is 6.21 Å². The molecule has 0 aromatic rings. The van der Waals surface area contributed by atoms with Crippen LogP contribution in [-0.2, 0) is 14.3 Å². The van der Waals surface area contributed by atoms with Gasteiger partial charge in [0, 0.05) is 6.92 Å². The normalized spacial score (nSPS) is 26.9. The first kappa shape index (κ1) is 9.37. The summed E-state index contributed by atoms with van der Waals surface area (Å²) in [5, 5.41) is 1.92. The summed E-state index contributed by atoms with van der Waals surface area (Å²) >= 11 is 0. The molecule has 0 saturated heterocycles. The van der Waals surface area contributed by atoms with Crippen molar-refractivity contribution in [2.75, 3.05) is 0 Å². The number of hydrogen-bond acceptors (Lipinski definition) is 4. The standard InChI is InChI=1S/C7H8N2O4/c1-4(10)13-7(2)3-8-6(12)9-5(7)11/h3H,1-2H3,(H,9,11,12). The Morgan fingerprint density at radius 3 is 2.69 bits per heavy atom. The summed E-state index contributed by atoms with van der Waals surface area (Å²) in [6, 6.07) is -0.755. The van der Waals surface area contributed by atoms with Gasteiger partial charge >= 0.3 is 12.0 Å². The third kappa shape index (κ3) is 1.90. The predicted octanol–water partition coefficient (Wildman–Crippen LogP) is -0.371. The lowest BCUT2D eigenvalue weighted by molar-refractivity contribution is -0.157. The Labute approximate surface area is 74.0 Å². The Morgan fingerprint density at radius 1 is 1.62 bits per heavy atom. The number of amides is 3. The molecule has 1 atom stereocenters. The summed E-state index contributed by atoms with van der Waals surface area (Å²) in [5.41, 5.74) is -1.47. The molecular weight excluding hydrogens is 176 g/mol. The highest BCUT2D eigenvalue weighted by molar-refractivity contribution is 6.15. The van der Waals surface area contributed by atoms with E-state index in [1.165, 1.54) is 13.8 Å². The number of carbonyl (C=O) groups is 3. The largest absolute Gasteiger partial charge is 0.443 e. The van der Waals surface area contributed by atoms with Gasteiger partial charge in [0.25, 0.3) is 5.91 Å². The highest BCUT2D eigenvalue weighted by atomic mass is 16.6. The molecular formula is C7H8N2O4. The summed E-state index contributed by atoms with van der Waals surface area (Å²) < 4.78 is 4.69. The predicted molar refractivity (Wildman–Crippen MR) is 42.2 cm³/mol. The molecule has 1 N–H and O–H groups in total. The van der Waals surface area contributed by atoms with Crippen molar-refractivity contribution in [1.29, 1.82) is 0 Å². The second-order valence-electron chi connectivity index (χ2n) is 2.72. The molecule has 0 fully saturated rings. The maximum Gasteiger partial charge on any atom is 0.347 e. The minimum absolute atomic E-state index is 0.613. The summed E-state index contributed by atoms with van der Waals surface area (Å²) in [5.74, 6) is -1.30. The Morgan fingerprint density at radius 2 is 2.23 bits per heavy atom. The van der Waals surface area contributed by atoms with Crippen molar-refractivity contribution in [2.24, 2.45) is 4.99 Å². The molecule has 13 heavy (non-hydrogen) atoms. The smallest absolute Gasteiger partial charge is 0.347 e. The number of aliphatic imine (C=N–C) groups is 1. The van der Waals surface area contributed by atoms with Gasteiger partial charge in [-0.2, -0.15) is 0 Å². The summed E-state index contributed by atoms with van der Waals surface area (Å²) in [7, 11) is 0. The van der Waals surface area contributed by atoms with Crippen molar-refractivity contribution in [2.45, 2.75) is 19.4 Å². The number of hydrogen-bond donors (Lipinski definition) is 1. The highest BCUT2D eigenvalue weighted by Crippen LogP contribution is 2.11. The first-order valence-electron chi connectivity index (χ1n) is 3.54. The van der Waals surface area contributed by atoms with Crippen LogP contribution in [0.1, 0.15) is 13.8 Å². The molecule has 0 aliphatic carbocycles. The summed E-state index contributed by atoms with van der Waals surface area (Å²) in [6.45, 7) is 2.52. The Kier molecular flexibility index (Phi) is 2.14. The number of nitrogens with zero attached hydrogens (tertiary/aromatic N) is 1. The molecule has 1 aliphatic heterocycles. The monoisotopic (exact) mass is 184 g/mol. The zero-order valence-corrected chi connectivity index (χ0v) is 7.16. The van der Waals surface area contributed by atoms with Crippen LogP contribution in [0.5, 0.6) is 0 Å². The molecule has 0 spiro atoms. The zero-order valence-electron chi connectivity index (χ0n) is 7.16. The highest BCUT2D eigenvalue weighted by Gasteiger charge is 2.39. The quantitative estimate of drug-likeness (QED) is 0.563. The maximum absolute atomic E-state index is 11.2. The molecule has 1 unspecified atom stereocenters. The van der Waals surface area contributed by atoms with Crippen molar-refractivity contribution in [3.8, 4) is 0 Å². The van der Waals surface area contributed by atoms with Crippen molar-refractivity contribution in [3.05, 3.63) is 0 Å². The number of imide groups is 1. The number of esters is 1. The van der Waals surface area contributed by atoms with Crippen LogP contribution in [-0.4, -0.2) is 29.7 Å². The lowest BCUT2D eigenvalue weighted by atomic mass is 10.1. The van der Waals surface area contributed by atoms with Gasteiger partial charge in [-0.1, -0.05) is 0 Å². The van der Waals surface area contributed by atoms with E-state index in [0.29, 0.717) is 0 Å². The fourth-order valence-corrected chi connectivity index (χ4v) is 0.865. The van der Waals surface area contributed by atoms with Crippen LogP contribution in [0.25, 0.3) is 0 Å². The number of carbonyl (C=O) groups excluding carboxylic acids is 3. The van der Waals surface area contributed by atoms with Crippen LogP contribution in [0.15, 0.2) is 4.99 Å². The van der Waals surface area contributed by atoms with Crippen LogP contribution in [0, 0.1) is 0 Å². The fraction of sp³-hybridized carbons (Fsp3) is 0.429. The average molecular weight is 184 g/mol. The molecule has 70 valence electrons. The number of rotatable bonds is 1. The van der Waals surface area contributed by atoms with Crippen LogP contribution in [0.3, 0.4) is 0 Å². The number of nitrogens with one attached hydrogen (secondary N) is 1. The number of ether oxygens (including phenoxy) is 1. The van der Waals surface area contributed by atoms with Gasteiger partial charge in [0.1, 0.15) is 0 Å². The molecule has 1 heterocycles. The van der Waals surface area contributed by atoms with E-state index in [1.54, 1.807) is 0 Å². The van der Waals surface area contributed by atoms with Gasteiger partial charge in [0.2, 0.25) is 5.60 Å². The average Bonchev–Trinajstić information content (AvgIpc) is 1.97. The topological polar surface area (TPSA) is 84.8 Å². The van der Waals surface area contributed by atoms with E-state index in [-0.39, 0.29) is 0 Å². The van der Waals surface area contributed by atoms with E-state index in [4.69, 9.17) is 0 Å². The minimum atomic E-state index is -1.47. The molecule has 0 aromatic carbocycles. The molecule has 1 rings (SSSR count). The Bertz CT molecular complexity index is 310. The molecule has 3 amide bonds. The van der Waals surface area contributed by atoms with Crippen molar-refractivity contribution in [1.82, 2.24) is 5.32 Å².